The van der Waals surface area contributed by atoms with E-state index in [1.807, 2.05) is 25.1 Å². The van der Waals surface area contributed by atoms with E-state index in [2.05, 4.69) is 4.72 Å². The maximum Gasteiger partial charge on any atom is 0.444 e. The van der Waals surface area contributed by atoms with Crippen LogP contribution in [-0.2, 0) is 21.4 Å². The zero-order chi connectivity index (χ0) is 14.8. The summed E-state index contributed by atoms with van der Waals surface area (Å²) in [5.41, 5.74) is 0.788. The van der Waals surface area contributed by atoms with E-state index in [9.17, 15) is 13.2 Å². The summed E-state index contributed by atoms with van der Waals surface area (Å²) in [5, 5.41) is 0. The molecule has 0 heterocycles. The van der Waals surface area contributed by atoms with Gasteiger partial charge in [0, 0.05) is 0 Å². The number of nitrogens with zero attached hydrogens (tertiary/aromatic N) is 1. The van der Waals surface area contributed by atoms with Crippen molar-refractivity contribution < 1.29 is 17.9 Å². The van der Waals surface area contributed by atoms with Crippen molar-refractivity contribution in [1.29, 1.82) is 0 Å². The number of carbonyl (C=O) groups is 1. The van der Waals surface area contributed by atoms with Gasteiger partial charge < -0.3 is 4.74 Å². The minimum Gasteiger partial charge on any atom is -0.443 e. The first kappa shape index (κ1) is 16.5. The van der Waals surface area contributed by atoms with Gasteiger partial charge in [-0.15, -0.1) is 0 Å². The summed E-state index contributed by atoms with van der Waals surface area (Å²) in [5.74, 6) is -0.104. The lowest BCUT2D eigenvalue weighted by molar-refractivity contribution is 0.145. The lowest BCUT2D eigenvalue weighted by Crippen LogP contribution is -2.26. The van der Waals surface area contributed by atoms with E-state index in [1.165, 1.54) is 0 Å². The van der Waals surface area contributed by atoms with Crippen LogP contribution in [0.25, 0.3) is 0 Å². The Bertz CT molecular complexity index is 499. The molecule has 1 aromatic rings. The second kappa shape index (κ2) is 8.58. The molecule has 1 amide bonds. The Morgan fingerprint density at radius 3 is 2.50 bits per heavy atom. The van der Waals surface area contributed by atoms with Gasteiger partial charge in [-0.2, -0.15) is 0 Å². The van der Waals surface area contributed by atoms with Gasteiger partial charge in [-0.25, -0.2) is 13.2 Å². The zero-order valence-corrected chi connectivity index (χ0v) is 12.4. The average Bonchev–Trinajstić information content (AvgIpc) is 2.42. The molecule has 0 atom stereocenters. The number of unbranched alkanes of at least 4 members (excludes halogenated alkanes) is 3. The molecule has 0 saturated heterocycles. The Hall–Kier alpha value is -1.56. The third-order valence-corrected chi connectivity index (χ3v) is 3.91. The van der Waals surface area contributed by atoms with E-state index in [-0.39, 0.29) is 12.4 Å². The van der Waals surface area contributed by atoms with Crippen molar-refractivity contribution >= 4 is 16.1 Å². The van der Waals surface area contributed by atoms with Crippen LogP contribution in [0.5, 0.6) is 0 Å². The van der Waals surface area contributed by atoms with Crippen LogP contribution in [0.4, 0.5) is 4.79 Å². The molecule has 0 spiro atoms. The van der Waals surface area contributed by atoms with Gasteiger partial charge in [0.25, 0.3) is 10.0 Å². The van der Waals surface area contributed by atoms with Crippen LogP contribution in [0.1, 0.15) is 38.2 Å². The SMILES string of the molecule is CCCCCCS(=O)(=O)[N]C(=O)OCc1ccccc1. The maximum absolute atomic E-state index is 11.5. The minimum absolute atomic E-state index is 0.0223. The van der Waals surface area contributed by atoms with Crippen LogP contribution < -0.4 is 4.72 Å². The summed E-state index contributed by atoms with van der Waals surface area (Å²) in [6.07, 6.45) is 2.30. The number of sulfonamides is 1. The largest absolute Gasteiger partial charge is 0.444 e. The van der Waals surface area contributed by atoms with Gasteiger partial charge in [-0.1, -0.05) is 61.2 Å². The fourth-order valence-electron chi connectivity index (χ4n) is 1.62. The smallest absolute Gasteiger partial charge is 0.443 e. The summed E-state index contributed by atoms with van der Waals surface area (Å²) in [6.45, 7) is 2.06. The van der Waals surface area contributed by atoms with E-state index < -0.39 is 16.1 Å². The second-order valence-electron chi connectivity index (χ2n) is 4.48. The second-order valence-corrected chi connectivity index (χ2v) is 6.23. The normalized spacial score (nSPS) is 11.1. The molecule has 0 bridgehead atoms. The lowest BCUT2D eigenvalue weighted by Gasteiger charge is -2.05. The fraction of sp³-hybridized carbons (Fsp3) is 0.500. The average molecular weight is 298 g/mol. The standard InChI is InChI=1S/C14H20NO4S/c1-2-3-4-8-11-20(17,18)15-14(16)19-12-13-9-6-5-7-10-13/h5-7,9-10H,2-4,8,11-12H2,1H3. The molecule has 0 unspecified atom stereocenters. The maximum atomic E-state index is 11.5. The molecular formula is C14H20NO4S. The van der Waals surface area contributed by atoms with Gasteiger partial charge in [0.1, 0.15) is 6.61 Å². The summed E-state index contributed by atoms with van der Waals surface area (Å²) in [6, 6.07) is 9.03. The highest BCUT2D eigenvalue weighted by Gasteiger charge is 2.18. The molecule has 0 saturated carbocycles. The predicted octanol–water partition coefficient (Wildman–Crippen LogP) is 2.84. The minimum atomic E-state index is -3.72. The Morgan fingerprint density at radius 2 is 1.85 bits per heavy atom. The molecule has 6 heteroatoms. The van der Waals surface area contributed by atoms with Crippen LogP contribution in [0.3, 0.4) is 0 Å². The molecule has 0 aliphatic heterocycles. The van der Waals surface area contributed by atoms with Crippen LogP contribution in [0.2, 0.25) is 0 Å². The molecule has 5 nitrogen and oxygen atoms in total. The van der Waals surface area contributed by atoms with E-state index in [4.69, 9.17) is 4.74 Å². The highest BCUT2D eigenvalue weighted by molar-refractivity contribution is 7.89. The van der Waals surface area contributed by atoms with Gasteiger partial charge in [-0.3, -0.25) is 0 Å². The molecule has 0 N–H and O–H groups in total. The van der Waals surface area contributed by atoms with Crippen molar-refractivity contribution in [3.8, 4) is 0 Å². The summed E-state index contributed by atoms with van der Waals surface area (Å²) in [4.78, 5) is 11.4. The van der Waals surface area contributed by atoms with Crippen molar-refractivity contribution in [2.45, 2.75) is 39.2 Å². The Labute approximate surface area is 120 Å². The first-order valence-electron chi connectivity index (χ1n) is 6.70. The van der Waals surface area contributed by atoms with Crippen molar-refractivity contribution in [3.05, 3.63) is 35.9 Å². The first-order chi connectivity index (χ1) is 9.53. The summed E-state index contributed by atoms with van der Waals surface area (Å²) >= 11 is 0. The molecule has 0 fully saturated rings. The number of rotatable bonds is 8. The Balaban J connectivity index is 2.30. The third-order valence-electron chi connectivity index (χ3n) is 2.67. The van der Waals surface area contributed by atoms with Crippen molar-refractivity contribution in [1.82, 2.24) is 4.72 Å². The number of benzene rings is 1. The number of amides is 1. The summed E-state index contributed by atoms with van der Waals surface area (Å²) in [7, 11) is -3.72. The Kier molecular flexibility index (Phi) is 7.08. The van der Waals surface area contributed by atoms with Crippen LogP contribution in [-0.4, -0.2) is 20.3 Å². The molecule has 111 valence electrons. The van der Waals surface area contributed by atoms with Crippen molar-refractivity contribution in [2.75, 3.05) is 5.75 Å². The van der Waals surface area contributed by atoms with Gasteiger partial charge in [-0.05, 0) is 12.0 Å². The van der Waals surface area contributed by atoms with Gasteiger partial charge in [0.2, 0.25) is 0 Å². The number of hydrogen-bond acceptors (Lipinski definition) is 4. The van der Waals surface area contributed by atoms with Crippen molar-refractivity contribution in [3.63, 3.8) is 0 Å². The number of carbonyl (C=O) groups excluding carboxylic acids is 1. The molecule has 0 aliphatic carbocycles. The zero-order valence-electron chi connectivity index (χ0n) is 11.6. The lowest BCUT2D eigenvalue weighted by atomic mass is 10.2. The summed E-state index contributed by atoms with van der Waals surface area (Å²) < 4.78 is 31.0. The van der Waals surface area contributed by atoms with Crippen LogP contribution in [0, 0.1) is 0 Å². The topological polar surface area (TPSA) is 74.5 Å². The number of hydrogen-bond donors (Lipinski definition) is 0. The van der Waals surface area contributed by atoms with E-state index >= 15 is 0 Å². The van der Waals surface area contributed by atoms with E-state index in [0.717, 1.165) is 24.8 Å². The third kappa shape index (κ3) is 7.13. The Morgan fingerprint density at radius 1 is 1.15 bits per heavy atom. The molecule has 0 aliphatic rings. The molecule has 1 aromatic carbocycles. The molecule has 0 aromatic heterocycles. The van der Waals surface area contributed by atoms with Crippen LogP contribution in [0.15, 0.2) is 30.3 Å². The first-order valence-corrected chi connectivity index (χ1v) is 8.31. The van der Waals surface area contributed by atoms with E-state index in [1.54, 1.807) is 12.1 Å². The highest BCUT2D eigenvalue weighted by atomic mass is 32.2. The predicted molar refractivity (Wildman–Crippen MR) is 76.7 cm³/mol. The fourth-order valence-corrected chi connectivity index (χ4v) is 2.56. The number of ether oxygens (including phenoxy) is 1. The van der Waals surface area contributed by atoms with Gasteiger partial charge >= 0.3 is 6.09 Å². The highest BCUT2D eigenvalue weighted by Crippen LogP contribution is 2.04. The molecule has 20 heavy (non-hydrogen) atoms. The quantitative estimate of drug-likeness (QED) is 0.692. The van der Waals surface area contributed by atoms with Gasteiger partial charge in [0.15, 0.2) is 0 Å². The molecule has 1 rings (SSSR count). The monoisotopic (exact) mass is 298 g/mol. The van der Waals surface area contributed by atoms with Crippen LogP contribution >= 0.6 is 0 Å². The van der Waals surface area contributed by atoms with Crippen molar-refractivity contribution in [2.24, 2.45) is 0 Å². The van der Waals surface area contributed by atoms with E-state index in [0.29, 0.717) is 6.42 Å². The van der Waals surface area contributed by atoms with Gasteiger partial charge in [0.05, 0.1) is 5.75 Å². The molecular weight excluding hydrogens is 278 g/mol. The molecule has 1 radical (unpaired) electrons.